The van der Waals surface area contributed by atoms with Gasteiger partial charge in [-0.1, -0.05) is 17.7 Å². The molecule has 2 amide bonds. The molecule has 1 heterocycles. The number of aromatic nitrogens is 1. The van der Waals surface area contributed by atoms with Gasteiger partial charge in [-0.2, -0.15) is 0 Å². The van der Waals surface area contributed by atoms with Gasteiger partial charge in [0.15, 0.2) is 23.1 Å². The molecule has 1 saturated carbocycles. The van der Waals surface area contributed by atoms with Crippen molar-refractivity contribution < 1.29 is 58.4 Å². The molecule has 44 heavy (non-hydrogen) atoms. The SMILES string of the molecule is COc1cc2c(Oc3ccc(NC(=O)C4(C(=O)Nc5cccc(Cl)c5)CC4)cc3F)ccnc2cc1OCCCC(=O)O.[H-].[Li+]. The summed E-state index contributed by atoms with van der Waals surface area (Å²) in [7, 11) is 1.46. The molecule has 0 bridgehead atoms. The Morgan fingerprint density at radius 2 is 1.70 bits per heavy atom. The Balaban J connectivity index is 0.00000276. The van der Waals surface area contributed by atoms with Crippen LogP contribution in [0.3, 0.4) is 0 Å². The number of carbonyl (C=O) groups excluding carboxylic acids is 2. The van der Waals surface area contributed by atoms with E-state index in [2.05, 4.69) is 15.6 Å². The number of fused-ring (bicyclic) bond motifs is 1. The van der Waals surface area contributed by atoms with Crippen molar-refractivity contribution in [3.8, 4) is 23.0 Å². The normalized spacial score (nSPS) is 12.9. The van der Waals surface area contributed by atoms with Gasteiger partial charge in [-0.25, -0.2) is 4.39 Å². The maximum atomic E-state index is 15.2. The van der Waals surface area contributed by atoms with E-state index in [0.717, 1.165) is 6.07 Å². The van der Waals surface area contributed by atoms with E-state index >= 15 is 4.39 Å². The van der Waals surface area contributed by atoms with Crippen molar-refractivity contribution in [3.05, 3.63) is 77.7 Å². The van der Waals surface area contributed by atoms with E-state index in [-0.39, 0.29) is 44.8 Å². The van der Waals surface area contributed by atoms with Crippen LogP contribution in [-0.4, -0.2) is 41.6 Å². The molecule has 1 aliphatic carbocycles. The van der Waals surface area contributed by atoms with Crippen molar-refractivity contribution in [2.24, 2.45) is 5.41 Å². The zero-order valence-electron chi connectivity index (χ0n) is 25.0. The van der Waals surface area contributed by atoms with Gasteiger partial charge in [-0.3, -0.25) is 19.4 Å². The maximum absolute atomic E-state index is 15.2. The number of halogens is 2. The molecule has 224 valence electrons. The molecular weight excluding hydrogens is 588 g/mol. The topological polar surface area (TPSA) is 136 Å². The number of anilines is 2. The van der Waals surface area contributed by atoms with Crippen molar-refractivity contribution in [2.45, 2.75) is 25.7 Å². The maximum Gasteiger partial charge on any atom is 1.00 e. The van der Waals surface area contributed by atoms with Gasteiger partial charge in [0, 0.05) is 46.5 Å². The van der Waals surface area contributed by atoms with Gasteiger partial charge in [0.1, 0.15) is 11.2 Å². The number of nitrogens with one attached hydrogen (secondary N) is 2. The molecule has 3 N–H and O–H groups in total. The summed E-state index contributed by atoms with van der Waals surface area (Å²) in [6, 6.07) is 15.4. The first-order valence-electron chi connectivity index (χ1n) is 13.4. The predicted octanol–water partition coefficient (Wildman–Crippen LogP) is 3.55. The third kappa shape index (κ3) is 7.42. The predicted molar refractivity (Wildman–Crippen MR) is 159 cm³/mol. The smallest absolute Gasteiger partial charge is 1.00 e. The monoisotopic (exact) mass is 615 g/mol. The van der Waals surface area contributed by atoms with Crippen LogP contribution in [0.5, 0.6) is 23.0 Å². The number of pyridine rings is 1. The largest absolute Gasteiger partial charge is 1.00 e. The van der Waals surface area contributed by atoms with Gasteiger partial charge < -0.3 is 31.4 Å². The number of carboxylic acid groups (broad SMARTS) is 1. The fraction of sp³-hybridized carbons (Fsp3) is 0.226. The molecule has 0 radical (unpaired) electrons. The number of benzene rings is 3. The van der Waals surface area contributed by atoms with Crippen LogP contribution >= 0.6 is 11.6 Å². The summed E-state index contributed by atoms with van der Waals surface area (Å²) in [5, 5.41) is 15.2. The number of hydrogen-bond donors (Lipinski definition) is 3. The number of carbonyl (C=O) groups is 3. The molecule has 10 nitrogen and oxygen atoms in total. The third-order valence-corrected chi connectivity index (χ3v) is 7.13. The first kappa shape index (κ1) is 32.6. The molecule has 3 aromatic carbocycles. The van der Waals surface area contributed by atoms with Crippen LogP contribution in [0.25, 0.3) is 10.9 Å². The molecule has 5 rings (SSSR count). The van der Waals surface area contributed by atoms with E-state index in [9.17, 15) is 14.4 Å². The Hall–Kier alpha value is -4.30. The quantitative estimate of drug-likeness (QED) is 0.125. The standard InChI is InChI=1S/C31H27ClFN3O7.Li.H/c1-41-26-16-21-23(17-27(26)42-13-3-6-28(37)38)34-12-9-24(21)43-25-8-7-20(15-22(25)33)36-30(40)31(10-11-31)29(39)35-19-5-2-4-18(32)14-19;;/h2,4-5,7-9,12,14-17H,3,6,10-11,13H2,1H3,(H,35,39)(H,36,40)(H,37,38);;/q;+1;-1. The van der Waals surface area contributed by atoms with Crippen molar-refractivity contribution in [2.75, 3.05) is 24.4 Å². The van der Waals surface area contributed by atoms with E-state index in [4.69, 9.17) is 30.9 Å². The van der Waals surface area contributed by atoms with Crippen LogP contribution in [0.1, 0.15) is 27.1 Å². The van der Waals surface area contributed by atoms with Crippen LogP contribution in [0, 0.1) is 11.2 Å². The number of amides is 2. The zero-order valence-corrected chi connectivity index (χ0v) is 24.7. The van der Waals surface area contributed by atoms with Crippen LogP contribution in [0.15, 0.2) is 66.9 Å². The molecule has 4 aromatic rings. The number of carboxylic acids is 1. The summed E-state index contributed by atoms with van der Waals surface area (Å²) >= 11 is 5.98. The minimum absolute atomic E-state index is 0. The van der Waals surface area contributed by atoms with Gasteiger partial charge >= 0.3 is 24.8 Å². The first-order chi connectivity index (χ1) is 20.7. The third-order valence-electron chi connectivity index (χ3n) is 6.89. The summed E-state index contributed by atoms with van der Waals surface area (Å²) in [4.78, 5) is 41.0. The molecular formula is C31H28ClFLiN3O7. The number of hydrogen-bond acceptors (Lipinski definition) is 7. The average Bonchev–Trinajstić information content (AvgIpc) is 3.79. The van der Waals surface area contributed by atoms with Crippen molar-refractivity contribution >= 4 is 51.7 Å². The Kier molecular flexibility index (Phi) is 10.4. The van der Waals surface area contributed by atoms with Crippen molar-refractivity contribution in [3.63, 3.8) is 0 Å². The second-order valence-corrected chi connectivity index (χ2v) is 10.4. The Morgan fingerprint density at radius 1 is 0.977 bits per heavy atom. The minimum atomic E-state index is -1.25. The van der Waals surface area contributed by atoms with Gasteiger partial charge in [-0.05, 0) is 61.7 Å². The summed E-state index contributed by atoms with van der Waals surface area (Å²) < 4.78 is 32.1. The first-order valence-corrected chi connectivity index (χ1v) is 13.7. The molecule has 0 aliphatic heterocycles. The van der Waals surface area contributed by atoms with Gasteiger partial charge in [-0.15, -0.1) is 0 Å². The summed E-state index contributed by atoms with van der Waals surface area (Å²) in [6.07, 6.45) is 2.51. The fourth-order valence-electron chi connectivity index (χ4n) is 4.43. The summed E-state index contributed by atoms with van der Waals surface area (Å²) in [6.45, 7) is 0.173. The molecule has 0 saturated heterocycles. The second kappa shape index (κ2) is 14.0. The van der Waals surface area contributed by atoms with E-state index in [1.165, 1.54) is 25.4 Å². The molecule has 0 atom stereocenters. The minimum Gasteiger partial charge on any atom is -1.00 e. The Bertz CT molecular complexity index is 1720. The second-order valence-electron chi connectivity index (χ2n) is 9.92. The number of methoxy groups -OCH3 is 1. The van der Waals surface area contributed by atoms with E-state index in [1.54, 1.807) is 42.5 Å². The summed E-state index contributed by atoms with van der Waals surface area (Å²) in [5.74, 6) is -1.69. The number of ether oxygens (including phenoxy) is 3. The molecule has 1 fully saturated rings. The number of nitrogens with zero attached hydrogens (tertiary/aromatic N) is 1. The fourth-order valence-corrected chi connectivity index (χ4v) is 4.62. The summed E-state index contributed by atoms with van der Waals surface area (Å²) in [5.41, 5.74) is -0.115. The number of aliphatic carboxylic acids is 1. The van der Waals surface area contributed by atoms with Crippen LogP contribution in [-0.2, 0) is 14.4 Å². The van der Waals surface area contributed by atoms with E-state index < -0.39 is 29.0 Å². The van der Waals surface area contributed by atoms with Crippen molar-refractivity contribution in [1.82, 2.24) is 4.98 Å². The Labute approximate surface area is 270 Å². The average molecular weight is 616 g/mol. The van der Waals surface area contributed by atoms with E-state index in [1.807, 2.05) is 0 Å². The van der Waals surface area contributed by atoms with Gasteiger partial charge in [0.2, 0.25) is 11.8 Å². The van der Waals surface area contributed by atoms with Crippen LogP contribution < -0.4 is 43.7 Å². The molecule has 1 aliphatic rings. The number of rotatable bonds is 12. The van der Waals surface area contributed by atoms with Crippen molar-refractivity contribution in [1.29, 1.82) is 0 Å². The molecule has 13 heteroatoms. The van der Waals surface area contributed by atoms with Gasteiger partial charge in [0.05, 0.1) is 19.2 Å². The molecule has 0 spiro atoms. The molecule has 0 unspecified atom stereocenters. The molecule has 1 aromatic heterocycles. The van der Waals surface area contributed by atoms with Gasteiger partial charge in [0.25, 0.3) is 0 Å². The Morgan fingerprint density at radius 3 is 2.34 bits per heavy atom. The van der Waals surface area contributed by atoms with E-state index in [0.29, 0.717) is 58.1 Å². The van der Waals surface area contributed by atoms with Crippen LogP contribution in [0.2, 0.25) is 5.02 Å². The van der Waals surface area contributed by atoms with Crippen LogP contribution in [0.4, 0.5) is 15.8 Å². The zero-order chi connectivity index (χ0) is 30.6.